The molecule has 0 radical (unpaired) electrons. The van der Waals surface area contributed by atoms with Crippen molar-refractivity contribution < 1.29 is 14.3 Å². The second-order valence-corrected chi connectivity index (χ2v) is 6.94. The lowest BCUT2D eigenvalue weighted by Crippen LogP contribution is -2.60. The predicted molar refractivity (Wildman–Crippen MR) is 68.9 cm³/mol. The molecule has 18 heavy (non-hydrogen) atoms. The van der Waals surface area contributed by atoms with Crippen molar-refractivity contribution in [1.29, 1.82) is 0 Å². The van der Waals surface area contributed by atoms with Gasteiger partial charge < -0.3 is 10.1 Å². The first kappa shape index (κ1) is 14.8. The average Bonchev–Trinajstić information content (AvgIpc) is 2.38. The van der Waals surface area contributed by atoms with Crippen molar-refractivity contribution in [2.45, 2.75) is 59.7 Å². The molecule has 0 aromatic heterocycles. The highest BCUT2D eigenvalue weighted by Crippen LogP contribution is 2.36. The Kier molecular flexibility index (Phi) is 3.40. The molecule has 1 heterocycles. The lowest BCUT2D eigenvalue weighted by Gasteiger charge is -2.44. The summed E-state index contributed by atoms with van der Waals surface area (Å²) >= 11 is 0. The van der Waals surface area contributed by atoms with E-state index in [2.05, 4.69) is 5.32 Å². The molecule has 1 saturated heterocycles. The van der Waals surface area contributed by atoms with Gasteiger partial charge in [0, 0.05) is 5.41 Å². The van der Waals surface area contributed by atoms with Crippen LogP contribution < -0.4 is 5.32 Å². The van der Waals surface area contributed by atoms with Gasteiger partial charge in [0.25, 0.3) is 0 Å². The fourth-order valence-electron chi connectivity index (χ4n) is 1.84. The number of ether oxygens (including phenoxy) is 1. The quantitative estimate of drug-likeness (QED) is 0.722. The minimum Gasteiger partial charge on any atom is -0.444 e. The molecule has 0 spiro atoms. The van der Waals surface area contributed by atoms with Crippen LogP contribution in [0, 0.1) is 5.41 Å². The van der Waals surface area contributed by atoms with Crippen molar-refractivity contribution in [1.82, 2.24) is 10.2 Å². The van der Waals surface area contributed by atoms with E-state index in [0.29, 0.717) is 0 Å². The summed E-state index contributed by atoms with van der Waals surface area (Å²) < 4.78 is 5.36. The second-order valence-electron chi connectivity index (χ2n) is 6.94. The molecule has 0 aromatic carbocycles. The Morgan fingerprint density at radius 1 is 1.28 bits per heavy atom. The number of nitrogens with zero attached hydrogens (tertiary/aromatic N) is 1. The van der Waals surface area contributed by atoms with Crippen molar-refractivity contribution in [2.24, 2.45) is 5.41 Å². The number of hydrogen-bond acceptors (Lipinski definition) is 3. The third-order valence-electron chi connectivity index (χ3n) is 3.30. The van der Waals surface area contributed by atoms with Crippen LogP contribution in [0.25, 0.3) is 0 Å². The first-order valence-electron chi connectivity index (χ1n) is 6.18. The summed E-state index contributed by atoms with van der Waals surface area (Å²) in [6.45, 7) is 13.3. The van der Waals surface area contributed by atoms with Gasteiger partial charge in [-0.2, -0.15) is 0 Å². The van der Waals surface area contributed by atoms with Gasteiger partial charge in [-0.05, 0) is 27.7 Å². The van der Waals surface area contributed by atoms with Crippen LogP contribution in [0.2, 0.25) is 0 Å². The van der Waals surface area contributed by atoms with Gasteiger partial charge in [0.05, 0.1) is 0 Å². The molecule has 1 fully saturated rings. The zero-order valence-electron chi connectivity index (χ0n) is 12.4. The molecule has 1 aliphatic heterocycles. The molecule has 104 valence electrons. The van der Waals surface area contributed by atoms with E-state index >= 15 is 0 Å². The van der Waals surface area contributed by atoms with Crippen LogP contribution in [0.15, 0.2) is 0 Å². The normalized spacial score (nSPS) is 25.1. The maximum atomic E-state index is 12.2. The average molecular weight is 256 g/mol. The summed E-state index contributed by atoms with van der Waals surface area (Å²) in [6.07, 6.45) is -0.460. The van der Waals surface area contributed by atoms with E-state index in [1.165, 1.54) is 4.90 Å². The predicted octanol–water partition coefficient (Wildman–Crippen LogP) is 2.12. The molecule has 0 aliphatic carbocycles. The highest BCUT2D eigenvalue weighted by Gasteiger charge is 2.52. The zero-order valence-corrected chi connectivity index (χ0v) is 12.4. The monoisotopic (exact) mass is 256 g/mol. The summed E-state index contributed by atoms with van der Waals surface area (Å²) in [5.74, 6) is -0.154. The summed E-state index contributed by atoms with van der Waals surface area (Å²) in [5.41, 5.74) is -1.58. The van der Waals surface area contributed by atoms with Gasteiger partial charge in [0.15, 0.2) is 0 Å². The van der Waals surface area contributed by atoms with Gasteiger partial charge in [-0.15, -0.1) is 0 Å². The third kappa shape index (κ3) is 2.76. The minimum absolute atomic E-state index is 0.0443. The van der Waals surface area contributed by atoms with Crippen molar-refractivity contribution in [3.8, 4) is 0 Å². The van der Waals surface area contributed by atoms with E-state index in [9.17, 15) is 9.59 Å². The number of hydrogen-bond donors (Lipinski definition) is 1. The van der Waals surface area contributed by atoms with E-state index in [0.717, 1.165) is 0 Å². The van der Waals surface area contributed by atoms with Crippen LogP contribution in [-0.2, 0) is 9.53 Å². The number of nitrogens with one attached hydrogen (secondary N) is 1. The SMILES string of the molecule is CC(C)(C)OC(=O)N1CC(=O)N[C@]1(C)C(C)(C)C. The molecule has 5 heteroatoms. The molecule has 0 saturated carbocycles. The van der Waals surface area contributed by atoms with E-state index in [1.54, 1.807) is 0 Å². The Morgan fingerprint density at radius 3 is 2.17 bits per heavy atom. The van der Waals surface area contributed by atoms with Crippen molar-refractivity contribution in [3.63, 3.8) is 0 Å². The standard InChI is InChI=1S/C13H24N2O3/c1-11(2,3)13(7)14-9(16)8-15(13)10(17)18-12(4,5)6/h8H2,1-7H3,(H,14,16)/t13-/m0/s1. The summed E-state index contributed by atoms with van der Waals surface area (Å²) in [5, 5.41) is 2.87. The first-order chi connectivity index (χ1) is 7.87. The van der Waals surface area contributed by atoms with Gasteiger partial charge >= 0.3 is 6.09 Å². The van der Waals surface area contributed by atoms with Crippen molar-refractivity contribution >= 4 is 12.0 Å². The van der Waals surface area contributed by atoms with Crippen LogP contribution in [0.4, 0.5) is 4.79 Å². The molecule has 1 rings (SSSR count). The molecule has 1 aliphatic rings. The topological polar surface area (TPSA) is 58.6 Å². The summed E-state index contributed by atoms with van der Waals surface area (Å²) in [7, 11) is 0. The summed E-state index contributed by atoms with van der Waals surface area (Å²) in [4.78, 5) is 25.3. The second kappa shape index (κ2) is 4.14. The van der Waals surface area contributed by atoms with Gasteiger partial charge in [-0.3, -0.25) is 9.69 Å². The number of carbonyl (C=O) groups is 2. The van der Waals surface area contributed by atoms with E-state index in [-0.39, 0.29) is 17.9 Å². The van der Waals surface area contributed by atoms with Crippen molar-refractivity contribution in [2.75, 3.05) is 6.54 Å². The number of amides is 2. The molecular formula is C13H24N2O3. The molecule has 5 nitrogen and oxygen atoms in total. The lowest BCUT2D eigenvalue weighted by molar-refractivity contribution is -0.119. The highest BCUT2D eigenvalue weighted by atomic mass is 16.6. The van der Waals surface area contributed by atoms with Gasteiger partial charge in [-0.25, -0.2) is 4.79 Å². The molecule has 0 unspecified atom stereocenters. The Labute approximate surface area is 109 Å². The van der Waals surface area contributed by atoms with Crippen LogP contribution in [0.1, 0.15) is 48.5 Å². The zero-order chi connectivity index (χ0) is 14.4. The van der Waals surface area contributed by atoms with Gasteiger partial charge in [-0.1, -0.05) is 20.8 Å². The Bertz CT molecular complexity index is 365. The Balaban J connectivity index is 3.00. The van der Waals surface area contributed by atoms with E-state index < -0.39 is 17.4 Å². The van der Waals surface area contributed by atoms with Gasteiger partial charge in [0.1, 0.15) is 17.8 Å². The largest absolute Gasteiger partial charge is 0.444 e. The highest BCUT2D eigenvalue weighted by molar-refractivity contribution is 5.87. The molecule has 0 bridgehead atoms. The maximum Gasteiger partial charge on any atom is 0.412 e. The van der Waals surface area contributed by atoms with Crippen LogP contribution >= 0.6 is 0 Å². The molecule has 1 atom stereocenters. The third-order valence-corrected chi connectivity index (χ3v) is 3.30. The minimum atomic E-state index is -0.730. The molecule has 2 amide bonds. The van der Waals surface area contributed by atoms with Gasteiger partial charge in [0.2, 0.25) is 5.91 Å². The van der Waals surface area contributed by atoms with E-state index in [4.69, 9.17) is 4.74 Å². The fourth-order valence-corrected chi connectivity index (χ4v) is 1.84. The fraction of sp³-hybridized carbons (Fsp3) is 0.846. The Morgan fingerprint density at radius 2 is 1.78 bits per heavy atom. The summed E-state index contributed by atoms with van der Waals surface area (Å²) in [6, 6.07) is 0. The number of carbonyl (C=O) groups excluding carboxylic acids is 2. The van der Waals surface area contributed by atoms with Crippen LogP contribution in [0.5, 0.6) is 0 Å². The first-order valence-corrected chi connectivity index (χ1v) is 6.18. The molecular weight excluding hydrogens is 232 g/mol. The smallest absolute Gasteiger partial charge is 0.412 e. The van der Waals surface area contributed by atoms with E-state index in [1.807, 2.05) is 48.5 Å². The maximum absolute atomic E-state index is 12.2. The number of rotatable bonds is 0. The van der Waals surface area contributed by atoms with Crippen LogP contribution in [0.3, 0.4) is 0 Å². The lowest BCUT2D eigenvalue weighted by atomic mass is 9.81. The molecule has 0 aromatic rings. The molecule has 1 N–H and O–H groups in total. The Hall–Kier alpha value is -1.26. The van der Waals surface area contributed by atoms with Crippen LogP contribution in [-0.4, -0.2) is 34.7 Å². The van der Waals surface area contributed by atoms with Crippen molar-refractivity contribution in [3.05, 3.63) is 0 Å².